The van der Waals surface area contributed by atoms with Gasteiger partial charge in [0.1, 0.15) is 11.4 Å². The lowest BCUT2D eigenvalue weighted by Crippen LogP contribution is -2.33. The van der Waals surface area contributed by atoms with E-state index >= 15 is 0 Å². The summed E-state index contributed by atoms with van der Waals surface area (Å²) in [5.74, 6) is 0.734. The number of pyridine rings is 1. The van der Waals surface area contributed by atoms with Crippen LogP contribution in [-0.4, -0.2) is 35.6 Å². The SMILES string of the molecule is CCCCNc1ncccc1C(=O)CCCCNC(=O)OC(C)(C)C. The van der Waals surface area contributed by atoms with E-state index in [9.17, 15) is 9.59 Å². The van der Waals surface area contributed by atoms with Crippen LogP contribution in [0.15, 0.2) is 18.3 Å². The zero-order valence-corrected chi connectivity index (χ0v) is 15.9. The van der Waals surface area contributed by atoms with Gasteiger partial charge in [0.05, 0.1) is 5.56 Å². The Bertz CT molecular complexity index is 553. The monoisotopic (exact) mass is 349 g/mol. The van der Waals surface area contributed by atoms with Gasteiger partial charge in [-0.05, 0) is 52.2 Å². The average Bonchev–Trinajstić information content (AvgIpc) is 2.53. The number of aromatic nitrogens is 1. The predicted molar refractivity (Wildman–Crippen MR) is 100 cm³/mol. The Morgan fingerprint density at radius 2 is 1.92 bits per heavy atom. The Hall–Kier alpha value is -2.11. The van der Waals surface area contributed by atoms with Crippen molar-refractivity contribution in [3.8, 4) is 0 Å². The molecule has 0 spiro atoms. The number of ether oxygens (including phenoxy) is 1. The molecule has 0 saturated carbocycles. The van der Waals surface area contributed by atoms with E-state index in [4.69, 9.17) is 4.74 Å². The molecule has 0 fully saturated rings. The molecule has 0 radical (unpaired) electrons. The van der Waals surface area contributed by atoms with Crippen LogP contribution in [0.25, 0.3) is 0 Å². The maximum Gasteiger partial charge on any atom is 0.407 e. The molecule has 1 amide bonds. The second kappa shape index (κ2) is 10.7. The largest absolute Gasteiger partial charge is 0.444 e. The Kier molecular flexibility index (Phi) is 8.95. The van der Waals surface area contributed by atoms with E-state index in [2.05, 4.69) is 22.5 Å². The van der Waals surface area contributed by atoms with E-state index in [1.165, 1.54) is 0 Å². The smallest absolute Gasteiger partial charge is 0.407 e. The number of Topliss-reactive ketones (excluding diaryl/α,β-unsaturated/α-hetero) is 1. The Morgan fingerprint density at radius 3 is 2.60 bits per heavy atom. The van der Waals surface area contributed by atoms with Crippen LogP contribution in [0.3, 0.4) is 0 Å². The summed E-state index contributed by atoms with van der Waals surface area (Å²) < 4.78 is 5.16. The molecule has 0 aromatic carbocycles. The van der Waals surface area contributed by atoms with Gasteiger partial charge in [0.25, 0.3) is 0 Å². The van der Waals surface area contributed by atoms with E-state index < -0.39 is 11.7 Å². The van der Waals surface area contributed by atoms with Gasteiger partial charge in [-0.25, -0.2) is 9.78 Å². The van der Waals surface area contributed by atoms with Crippen LogP contribution in [0.1, 0.15) is 70.2 Å². The molecule has 0 aliphatic rings. The minimum Gasteiger partial charge on any atom is -0.444 e. The third kappa shape index (κ3) is 9.08. The second-order valence-corrected chi connectivity index (χ2v) is 6.99. The highest BCUT2D eigenvalue weighted by Gasteiger charge is 2.15. The number of amides is 1. The van der Waals surface area contributed by atoms with Crippen molar-refractivity contribution in [2.75, 3.05) is 18.4 Å². The Labute approximate surface area is 150 Å². The molecule has 140 valence electrons. The molecule has 0 unspecified atom stereocenters. The van der Waals surface area contributed by atoms with Gasteiger partial charge in [-0.15, -0.1) is 0 Å². The molecule has 0 aliphatic carbocycles. The van der Waals surface area contributed by atoms with Crippen molar-refractivity contribution >= 4 is 17.7 Å². The molecule has 1 aromatic heterocycles. The van der Waals surface area contributed by atoms with Gasteiger partial charge in [0.2, 0.25) is 0 Å². The first kappa shape index (κ1) is 20.9. The van der Waals surface area contributed by atoms with Crippen molar-refractivity contribution in [2.24, 2.45) is 0 Å². The van der Waals surface area contributed by atoms with Gasteiger partial charge >= 0.3 is 6.09 Å². The van der Waals surface area contributed by atoms with E-state index in [0.717, 1.165) is 25.8 Å². The number of ketones is 1. The van der Waals surface area contributed by atoms with E-state index in [1.54, 1.807) is 12.3 Å². The fourth-order valence-electron chi connectivity index (χ4n) is 2.20. The van der Waals surface area contributed by atoms with Crippen molar-refractivity contribution in [2.45, 2.75) is 65.4 Å². The van der Waals surface area contributed by atoms with E-state index in [1.807, 2.05) is 26.8 Å². The minimum absolute atomic E-state index is 0.0735. The summed E-state index contributed by atoms with van der Waals surface area (Å²) in [5, 5.41) is 5.93. The van der Waals surface area contributed by atoms with Gasteiger partial charge in [0, 0.05) is 25.7 Å². The zero-order chi connectivity index (χ0) is 18.7. The van der Waals surface area contributed by atoms with Gasteiger partial charge < -0.3 is 15.4 Å². The predicted octanol–water partition coefficient (Wildman–Crippen LogP) is 4.17. The lowest BCUT2D eigenvalue weighted by atomic mass is 10.1. The van der Waals surface area contributed by atoms with Crippen molar-refractivity contribution in [1.29, 1.82) is 0 Å². The number of hydrogen-bond donors (Lipinski definition) is 2. The lowest BCUT2D eigenvalue weighted by Gasteiger charge is -2.19. The standard InChI is InChI=1S/C19H31N3O3/c1-5-6-12-20-17-15(10-9-14-21-17)16(23)11-7-8-13-22-18(24)25-19(2,3)4/h9-10,14H,5-8,11-13H2,1-4H3,(H,20,21)(H,22,24). The number of carbonyl (C=O) groups is 2. The van der Waals surface area contributed by atoms with Crippen LogP contribution < -0.4 is 10.6 Å². The molecule has 0 bridgehead atoms. The summed E-state index contributed by atoms with van der Waals surface area (Å²) in [6.07, 6.45) is 5.27. The zero-order valence-electron chi connectivity index (χ0n) is 15.9. The molecule has 6 nitrogen and oxygen atoms in total. The van der Waals surface area contributed by atoms with Gasteiger partial charge in [-0.2, -0.15) is 0 Å². The molecule has 0 saturated heterocycles. The number of hydrogen-bond acceptors (Lipinski definition) is 5. The highest BCUT2D eigenvalue weighted by Crippen LogP contribution is 2.15. The number of anilines is 1. The van der Waals surface area contributed by atoms with Crippen LogP contribution in [0.4, 0.5) is 10.6 Å². The first-order chi connectivity index (χ1) is 11.8. The van der Waals surface area contributed by atoms with Crippen LogP contribution in [0, 0.1) is 0 Å². The van der Waals surface area contributed by atoms with Crippen LogP contribution in [-0.2, 0) is 4.74 Å². The summed E-state index contributed by atoms with van der Waals surface area (Å²) in [6, 6.07) is 3.59. The highest BCUT2D eigenvalue weighted by molar-refractivity contribution is 6.00. The van der Waals surface area contributed by atoms with Crippen LogP contribution in [0.5, 0.6) is 0 Å². The lowest BCUT2D eigenvalue weighted by molar-refractivity contribution is 0.0527. The molecular weight excluding hydrogens is 318 g/mol. The molecule has 1 rings (SSSR count). The molecule has 6 heteroatoms. The fourth-order valence-corrected chi connectivity index (χ4v) is 2.20. The number of unbranched alkanes of at least 4 members (excludes halogenated alkanes) is 2. The highest BCUT2D eigenvalue weighted by atomic mass is 16.6. The average molecular weight is 349 g/mol. The summed E-state index contributed by atoms with van der Waals surface area (Å²) in [7, 11) is 0. The molecule has 1 heterocycles. The van der Waals surface area contributed by atoms with Crippen molar-refractivity contribution in [3.05, 3.63) is 23.9 Å². The van der Waals surface area contributed by atoms with Crippen molar-refractivity contribution in [1.82, 2.24) is 10.3 Å². The number of nitrogens with one attached hydrogen (secondary N) is 2. The van der Waals surface area contributed by atoms with Gasteiger partial charge in [-0.3, -0.25) is 4.79 Å². The number of alkyl carbamates (subject to hydrolysis) is 1. The maximum atomic E-state index is 12.4. The van der Waals surface area contributed by atoms with E-state index in [0.29, 0.717) is 30.8 Å². The summed E-state index contributed by atoms with van der Waals surface area (Å²) in [4.78, 5) is 28.2. The number of carbonyl (C=O) groups excluding carboxylic acids is 2. The normalized spacial score (nSPS) is 11.0. The summed E-state index contributed by atoms with van der Waals surface area (Å²) in [5.41, 5.74) is 0.139. The Balaban J connectivity index is 2.34. The second-order valence-electron chi connectivity index (χ2n) is 6.99. The van der Waals surface area contributed by atoms with E-state index in [-0.39, 0.29) is 5.78 Å². The third-order valence-electron chi connectivity index (χ3n) is 3.43. The molecular formula is C19H31N3O3. The number of rotatable bonds is 10. The quantitative estimate of drug-likeness (QED) is 0.489. The molecule has 2 N–H and O–H groups in total. The fraction of sp³-hybridized carbons (Fsp3) is 0.632. The first-order valence-corrected chi connectivity index (χ1v) is 9.02. The number of nitrogens with zero attached hydrogens (tertiary/aromatic N) is 1. The summed E-state index contributed by atoms with van der Waals surface area (Å²) in [6.45, 7) is 8.91. The van der Waals surface area contributed by atoms with Crippen molar-refractivity contribution < 1.29 is 14.3 Å². The van der Waals surface area contributed by atoms with Crippen molar-refractivity contribution in [3.63, 3.8) is 0 Å². The van der Waals surface area contributed by atoms with Crippen LogP contribution in [0.2, 0.25) is 0 Å². The minimum atomic E-state index is -0.498. The van der Waals surface area contributed by atoms with Gasteiger partial charge in [-0.1, -0.05) is 13.3 Å². The maximum absolute atomic E-state index is 12.4. The van der Waals surface area contributed by atoms with Gasteiger partial charge in [0.15, 0.2) is 5.78 Å². The topological polar surface area (TPSA) is 80.3 Å². The summed E-state index contributed by atoms with van der Waals surface area (Å²) >= 11 is 0. The molecule has 0 aliphatic heterocycles. The molecule has 0 atom stereocenters. The molecule has 25 heavy (non-hydrogen) atoms. The van der Waals surface area contributed by atoms with Crippen LogP contribution >= 0.6 is 0 Å². The first-order valence-electron chi connectivity index (χ1n) is 9.02. The Morgan fingerprint density at radius 1 is 1.16 bits per heavy atom. The third-order valence-corrected chi connectivity index (χ3v) is 3.43. The molecule has 1 aromatic rings.